The molecule has 6 heteroatoms. The Balaban J connectivity index is 1.69. The van der Waals surface area contributed by atoms with Crippen LogP contribution < -0.4 is 0 Å². The van der Waals surface area contributed by atoms with Crippen LogP contribution in [0.5, 0.6) is 0 Å². The predicted octanol–water partition coefficient (Wildman–Crippen LogP) is 2.64. The van der Waals surface area contributed by atoms with E-state index in [0.29, 0.717) is 12.8 Å². The summed E-state index contributed by atoms with van der Waals surface area (Å²) in [5.41, 5.74) is 1.01. The van der Waals surface area contributed by atoms with Crippen molar-refractivity contribution in [1.82, 2.24) is 19.7 Å². The first-order valence-corrected chi connectivity index (χ1v) is 8.03. The number of aryl methyl sites for hydroxylation is 2. The van der Waals surface area contributed by atoms with E-state index in [1.165, 1.54) is 12.1 Å². The zero-order valence-electron chi connectivity index (χ0n) is 13.3. The highest BCUT2D eigenvalue weighted by molar-refractivity contribution is 5.77. The Morgan fingerprint density at radius 2 is 2.09 bits per heavy atom. The summed E-state index contributed by atoms with van der Waals surface area (Å²) in [6.45, 7) is 0.764. The number of aromatic nitrogens is 3. The van der Waals surface area contributed by atoms with E-state index in [0.717, 1.165) is 37.2 Å². The molecule has 1 atom stereocenters. The molecule has 0 unspecified atom stereocenters. The third kappa shape index (κ3) is 3.57. The largest absolute Gasteiger partial charge is 0.336 e. The fourth-order valence-electron chi connectivity index (χ4n) is 3.16. The van der Waals surface area contributed by atoms with Crippen LogP contribution in [-0.2, 0) is 18.3 Å². The number of hydrogen-bond donors (Lipinski definition) is 0. The van der Waals surface area contributed by atoms with Crippen LogP contribution in [0.25, 0.3) is 0 Å². The van der Waals surface area contributed by atoms with Crippen molar-refractivity contribution in [1.29, 1.82) is 0 Å². The second-order valence-electron chi connectivity index (χ2n) is 6.01. The Hall–Kier alpha value is -2.24. The van der Waals surface area contributed by atoms with Gasteiger partial charge in [-0.05, 0) is 37.0 Å². The first-order valence-electron chi connectivity index (χ1n) is 8.03. The fraction of sp³-hybridized carbons (Fsp3) is 0.471. The number of nitrogens with zero attached hydrogens (tertiary/aromatic N) is 4. The summed E-state index contributed by atoms with van der Waals surface area (Å²) in [5, 5.41) is 7.86. The van der Waals surface area contributed by atoms with Gasteiger partial charge in [-0.3, -0.25) is 4.79 Å². The molecule has 1 aromatic carbocycles. The third-order valence-electron chi connectivity index (χ3n) is 4.45. The van der Waals surface area contributed by atoms with Gasteiger partial charge in [0, 0.05) is 26.4 Å². The maximum absolute atomic E-state index is 13.1. The van der Waals surface area contributed by atoms with Gasteiger partial charge >= 0.3 is 0 Å². The number of piperidine rings is 1. The molecule has 0 spiro atoms. The monoisotopic (exact) mass is 316 g/mol. The van der Waals surface area contributed by atoms with Crippen molar-refractivity contribution in [2.45, 2.75) is 38.1 Å². The van der Waals surface area contributed by atoms with Gasteiger partial charge in [-0.25, -0.2) is 4.39 Å². The minimum Gasteiger partial charge on any atom is -0.336 e. The van der Waals surface area contributed by atoms with Gasteiger partial charge in [-0.2, -0.15) is 0 Å². The third-order valence-corrected chi connectivity index (χ3v) is 4.45. The van der Waals surface area contributed by atoms with Gasteiger partial charge in [0.1, 0.15) is 18.0 Å². The summed E-state index contributed by atoms with van der Waals surface area (Å²) >= 11 is 0. The van der Waals surface area contributed by atoms with Gasteiger partial charge in [-0.15, -0.1) is 10.2 Å². The van der Waals surface area contributed by atoms with E-state index < -0.39 is 0 Å². The molecule has 0 aliphatic carbocycles. The zero-order valence-corrected chi connectivity index (χ0v) is 13.3. The van der Waals surface area contributed by atoms with Crippen LogP contribution >= 0.6 is 0 Å². The molecule has 1 amide bonds. The number of benzene rings is 1. The van der Waals surface area contributed by atoms with Gasteiger partial charge < -0.3 is 9.47 Å². The van der Waals surface area contributed by atoms with Crippen LogP contribution in [-0.4, -0.2) is 32.1 Å². The van der Waals surface area contributed by atoms with Crippen LogP contribution in [0.2, 0.25) is 0 Å². The number of rotatable bonds is 4. The van der Waals surface area contributed by atoms with E-state index >= 15 is 0 Å². The van der Waals surface area contributed by atoms with Crippen molar-refractivity contribution in [2.24, 2.45) is 7.05 Å². The van der Waals surface area contributed by atoms with Gasteiger partial charge in [0.25, 0.3) is 0 Å². The number of carbonyl (C=O) groups is 1. The lowest BCUT2D eigenvalue weighted by atomic mass is 9.94. The number of likely N-dealkylation sites (tertiary alicyclic amines) is 1. The molecule has 5 nitrogen and oxygen atoms in total. The Bertz CT molecular complexity index is 667. The lowest BCUT2D eigenvalue weighted by molar-refractivity contribution is -0.135. The minimum atomic E-state index is -0.246. The molecule has 1 aliphatic heterocycles. The van der Waals surface area contributed by atoms with E-state index in [1.807, 2.05) is 16.5 Å². The molecule has 0 radical (unpaired) electrons. The predicted molar refractivity (Wildman–Crippen MR) is 84.0 cm³/mol. The maximum atomic E-state index is 13.1. The Morgan fingerprint density at radius 1 is 1.30 bits per heavy atom. The normalized spacial score (nSPS) is 18.2. The molecule has 2 heterocycles. The van der Waals surface area contributed by atoms with Crippen molar-refractivity contribution in [3.8, 4) is 0 Å². The lowest BCUT2D eigenvalue weighted by Gasteiger charge is -2.36. The number of carbonyl (C=O) groups excluding carboxylic acids is 1. The smallest absolute Gasteiger partial charge is 0.223 e. The molecule has 0 N–H and O–H groups in total. The summed E-state index contributed by atoms with van der Waals surface area (Å²) in [6.07, 6.45) is 5.69. The lowest BCUT2D eigenvalue weighted by Crippen LogP contribution is -2.38. The molecule has 1 aliphatic rings. The van der Waals surface area contributed by atoms with Crippen LogP contribution in [0.15, 0.2) is 30.6 Å². The minimum absolute atomic E-state index is 0.0522. The first kappa shape index (κ1) is 15.6. The standard InChI is InChI=1S/C17H21FN4O/c1-21-12-19-20-16(21)9-10-17(23)22-11-3-2-4-15(22)13-5-7-14(18)8-6-13/h5-8,12,15H,2-4,9-11H2,1H3/t15-/m1/s1. The summed E-state index contributed by atoms with van der Waals surface area (Å²) in [5.74, 6) is 0.695. The van der Waals surface area contributed by atoms with Gasteiger partial charge in [0.05, 0.1) is 6.04 Å². The number of amides is 1. The average molecular weight is 316 g/mol. The zero-order chi connectivity index (χ0) is 16.2. The summed E-state index contributed by atoms with van der Waals surface area (Å²) in [6, 6.07) is 6.55. The molecular formula is C17H21FN4O. The first-order chi connectivity index (χ1) is 11.1. The van der Waals surface area contributed by atoms with Crippen molar-refractivity contribution in [3.05, 3.63) is 47.8 Å². The van der Waals surface area contributed by atoms with E-state index in [4.69, 9.17) is 0 Å². The summed E-state index contributed by atoms with van der Waals surface area (Å²) in [4.78, 5) is 14.6. The Labute approximate surface area is 135 Å². The van der Waals surface area contributed by atoms with Crippen molar-refractivity contribution < 1.29 is 9.18 Å². The molecule has 2 aromatic rings. The van der Waals surface area contributed by atoms with Crippen LogP contribution in [0.3, 0.4) is 0 Å². The van der Waals surface area contributed by atoms with Gasteiger partial charge in [0.2, 0.25) is 5.91 Å². The average Bonchev–Trinajstić information content (AvgIpc) is 2.98. The molecule has 1 fully saturated rings. The number of hydrogen-bond acceptors (Lipinski definition) is 3. The van der Waals surface area contributed by atoms with E-state index in [-0.39, 0.29) is 17.8 Å². The molecule has 23 heavy (non-hydrogen) atoms. The number of halogens is 1. The summed E-state index contributed by atoms with van der Waals surface area (Å²) in [7, 11) is 1.88. The topological polar surface area (TPSA) is 51.0 Å². The Kier molecular flexibility index (Phi) is 4.69. The molecule has 122 valence electrons. The van der Waals surface area contributed by atoms with Crippen molar-refractivity contribution in [3.63, 3.8) is 0 Å². The van der Waals surface area contributed by atoms with Crippen molar-refractivity contribution >= 4 is 5.91 Å². The summed E-state index contributed by atoms with van der Waals surface area (Å²) < 4.78 is 15.0. The molecule has 1 aromatic heterocycles. The van der Waals surface area contributed by atoms with Gasteiger partial charge in [0.15, 0.2) is 0 Å². The highest BCUT2D eigenvalue weighted by Crippen LogP contribution is 2.31. The Morgan fingerprint density at radius 3 is 2.78 bits per heavy atom. The quantitative estimate of drug-likeness (QED) is 0.871. The second kappa shape index (κ2) is 6.89. The second-order valence-corrected chi connectivity index (χ2v) is 6.01. The SMILES string of the molecule is Cn1cnnc1CCC(=O)N1CCCC[C@@H]1c1ccc(F)cc1. The molecule has 1 saturated heterocycles. The van der Waals surface area contributed by atoms with Crippen molar-refractivity contribution in [2.75, 3.05) is 6.54 Å². The fourth-order valence-corrected chi connectivity index (χ4v) is 3.16. The van der Waals surface area contributed by atoms with E-state index in [2.05, 4.69) is 10.2 Å². The highest BCUT2D eigenvalue weighted by atomic mass is 19.1. The van der Waals surface area contributed by atoms with Crippen LogP contribution in [0.1, 0.15) is 43.1 Å². The molecule has 0 bridgehead atoms. The molecular weight excluding hydrogens is 295 g/mol. The van der Waals surface area contributed by atoms with Gasteiger partial charge in [-0.1, -0.05) is 12.1 Å². The molecule has 3 rings (SSSR count). The van der Waals surface area contributed by atoms with E-state index in [1.54, 1.807) is 18.5 Å². The van der Waals surface area contributed by atoms with Crippen LogP contribution in [0.4, 0.5) is 4.39 Å². The maximum Gasteiger partial charge on any atom is 0.223 e. The molecule has 0 saturated carbocycles. The highest BCUT2D eigenvalue weighted by Gasteiger charge is 2.27. The van der Waals surface area contributed by atoms with E-state index in [9.17, 15) is 9.18 Å². The van der Waals surface area contributed by atoms with Crippen LogP contribution in [0, 0.1) is 5.82 Å².